The smallest absolute Gasteiger partial charge is 0.338 e. The summed E-state index contributed by atoms with van der Waals surface area (Å²) in [5.74, 6) is -1.69. The van der Waals surface area contributed by atoms with Crippen LogP contribution in [0.5, 0.6) is 0 Å². The van der Waals surface area contributed by atoms with Crippen molar-refractivity contribution in [1.82, 2.24) is 9.97 Å². The van der Waals surface area contributed by atoms with E-state index in [1.54, 1.807) is 0 Å². The number of carbonyl (C=O) groups is 1. The number of benzene rings is 1. The summed E-state index contributed by atoms with van der Waals surface area (Å²) in [6.07, 6.45) is 0. The van der Waals surface area contributed by atoms with Crippen LogP contribution in [-0.2, 0) is 5.75 Å². The Balaban J connectivity index is 2.16. The maximum atomic E-state index is 13.2. The number of carboxylic acids is 1. The SMILES string of the molecule is Nc1cc(=O)[nH]c(SCc2ccc(F)c(C(=O)O)c2)n1. The number of anilines is 1. The van der Waals surface area contributed by atoms with Gasteiger partial charge >= 0.3 is 5.97 Å². The first-order valence-electron chi connectivity index (χ1n) is 5.47. The first-order chi connectivity index (χ1) is 9.45. The van der Waals surface area contributed by atoms with Gasteiger partial charge in [0.2, 0.25) is 0 Å². The highest BCUT2D eigenvalue weighted by Crippen LogP contribution is 2.20. The zero-order chi connectivity index (χ0) is 14.7. The van der Waals surface area contributed by atoms with Crippen LogP contribution in [0.2, 0.25) is 0 Å². The molecule has 0 saturated heterocycles. The molecule has 0 spiro atoms. The van der Waals surface area contributed by atoms with E-state index in [2.05, 4.69) is 9.97 Å². The van der Waals surface area contributed by atoms with Crippen molar-refractivity contribution in [3.05, 3.63) is 51.6 Å². The van der Waals surface area contributed by atoms with Crippen LogP contribution >= 0.6 is 11.8 Å². The summed E-state index contributed by atoms with van der Waals surface area (Å²) in [4.78, 5) is 28.4. The van der Waals surface area contributed by atoms with Crippen LogP contribution in [0.25, 0.3) is 0 Å². The van der Waals surface area contributed by atoms with Crippen molar-refractivity contribution in [2.24, 2.45) is 0 Å². The summed E-state index contributed by atoms with van der Waals surface area (Å²) >= 11 is 1.17. The van der Waals surface area contributed by atoms with Gasteiger partial charge in [0.15, 0.2) is 5.16 Å². The molecule has 2 aromatic rings. The number of H-pyrrole nitrogens is 1. The number of hydrogen-bond donors (Lipinski definition) is 3. The average Bonchev–Trinajstić information content (AvgIpc) is 2.36. The minimum absolute atomic E-state index is 0.0987. The van der Waals surface area contributed by atoms with Crippen LogP contribution in [0, 0.1) is 5.82 Å². The van der Waals surface area contributed by atoms with E-state index in [4.69, 9.17) is 10.8 Å². The molecule has 0 amide bonds. The molecule has 0 saturated carbocycles. The van der Waals surface area contributed by atoms with Crippen molar-refractivity contribution in [2.75, 3.05) is 5.73 Å². The third-order valence-electron chi connectivity index (χ3n) is 2.38. The van der Waals surface area contributed by atoms with E-state index < -0.39 is 17.3 Å². The van der Waals surface area contributed by atoms with Crippen molar-refractivity contribution < 1.29 is 14.3 Å². The molecule has 20 heavy (non-hydrogen) atoms. The van der Waals surface area contributed by atoms with E-state index in [0.29, 0.717) is 16.5 Å². The maximum absolute atomic E-state index is 13.2. The molecule has 0 aliphatic heterocycles. The molecule has 0 fully saturated rings. The van der Waals surface area contributed by atoms with Crippen LogP contribution in [0.1, 0.15) is 15.9 Å². The average molecular weight is 295 g/mol. The second kappa shape index (κ2) is 5.74. The van der Waals surface area contributed by atoms with Gasteiger partial charge in [-0.2, -0.15) is 0 Å². The highest BCUT2D eigenvalue weighted by molar-refractivity contribution is 7.98. The van der Waals surface area contributed by atoms with Gasteiger partial charge < -0.3 is 15.8 Å². The summed E-state index contributed by atoms with van der Waals surface area (Å²) < 4.78 is 13.2. The lowest BCUT2D eigenvalue weighted by atomic mass is 10.1. The first-order valence-corrected chi connectivity index (χ1v) is 6.45. The summed E-state index contributed by atoms with van der Waals surface area (Å²) in [7, 11) is 0. The van der Waals surface area contributed by atoms with Crippen LogP contribution in [-0.4, -0.2) is 21.0 Å². The highest BCUT2D eigenvalue weighted by Gasteiger charge is 2.11. The fraction of sp³-hybridized carbons (Fsp3) is 0.0833. The Labute approximate surface area is 116 Å². The van der Waals surface area contributed by atoms with Crippen molar-refractivity contribution in [3.63, 3.8) is 0 Å². The number of nitrogen functional groups attached to an aromatic ring is 1. The topological polar surface area (TPSA) is 109 Å². The van der Waals surface area contributed by atoms with Crippen LogP contribution < -0.4 is 11.3 Å². The largest absolute Gasteiger partial charge is 0.478 e. The summed E-state index contributed by atoms with van der Waals surface area (Å²) in [5.41, 5.74) is 5.27. The second-order valence-corrected chi connectivity index (χ2v) is 4.85. The Hall–Kier alpha value is -2.35. The Bertz CT molecular complexity index is 717. The van der Waals surface area contributed by atoms with E-state index in [0.717, 1.165) is 12.1 Å². The van der Waals surface area contributed by atoms with Gasteiger partial charge in [0.25, 0.3) is 5.56 Å². The lowest BCUT2D eigenvalue weighted by Gasteiger charge is -2.04. The number of hydrogen-bond acceptors (Lipinski definition) is 5. The van der Waals surface area contributed by atoms with Gasteiger partial charge in [-0.25, -0.2) is 14.2 Å². The Morgan fingerprint density at radius 2 is 2.20 bits per heavy atom. The third-order valence-corrected chi connectivity index (χ3v) is 3.32. The number of halogens is 1. The summed E-state index contributed by atoms with van der Waals surface area (Å²) in [6.45, 7) is 0. The maximum Gasteiger partial charge on any atom is 0.338 e. The van der Waals surface area contributed by atoms with Crippen molar-refractivity contribution in [3.8, 4) is 0 Å². The number of aromatic nitrogens is 2. The van der Waals surface area contributed by atoms with E-state index in [1.165, 1.54) is 23.9 Å². The van der Waals surface area contributed by atoms with Crippen molar-refractivity contribution in [2.45, 2.75) is 10.9 Å². The predicted molar refractivity (Wildman–Crippen MR) is 72.2 cm³/mol. The van der Waals surface area contributed by atoms with Crippen molar-refractivity contribution >= 4 is 23.5 Å². The molecule has 0 unspecified atom stereocenters. The van der Waals surface area contributed by atoms with Gasteiger partial charge in [-0.3, -0.25) is 4.79 Å². The number of rotatable bonds is 4. The van der Waals surface area contributed by atoms with E-state index in [9.17, 15) is 14.0 Å². The molecule has 0 bridgehead atoms. The molecule has 2 rings (SSSR count). The number of nitrogens with two attached hydrogens (primary N) is 1. The molecule has 0 aliphatic rings. The molecular weight excluding hydrogens is 285 g/mol. The normalized spacial score (nSPS) is 10.4. The molecular formula is C12H10FN3O3S. The Morgan fingerprint density at radius 3 is 2.85 bits per heavy atom. The number of carboxylic acid groups (broad SMARTS) is 1. The number of aromatic amines is 1. The van der Waals surface area contributed by atoms with Crippen LogP contribution in [0.15, 0.2) is 34.2 Å². The number of thioether (sulfide) groups is 1. The Kier molecular flexibility index (Phi) is 4.04. The fourth-order valence-electron chi connectivity index (χ4n) is 1.50. The van der Waals surface area contributed by atoms with Gasteiger partial charge in [0.1, 0.15) is 11.6 Å². The molecule has 1 aromatic heterocycles. The minimum atomic E-state index is -1.33. The van der Waals surface area contributed by atoms with E-state index >= 15 is 0 Å². The molecule has 1 heterocycles. The van der Waals surface area contributed by atoms with E-state index in [-0.39, 0.29) is 11.4 Å². The Morgan fingerprint density at radius 1 is 1.45 bits per heavy atom. The zero-order valence-corrected chi connectivity index (χ0v) is 10.9. The number of aromatic carboxylic acids is 1. The minimum Gasteiger partial charge on any atom is -0.478 e. The van der Waals surface area contributed by atoms with Gasteiger partial charge in [0.05, 0.1) is 5.56 Å². The van der Waals surface area contributed by atoms with Crippen LogP contribution in [0.3, 0.4) is 0 Å². The molecule has 0 atom stereocenters. The van der Waals surface area contributed by atoms with Crippen LogP contribution in [0.4, 0.5) is 10.2 Å². The third kappa shape index (κ3) is 3.35. The molecule has 1 aromatic carbocycles. The second-order valence-electron chi connectivity index (χ2n) is 3.88. The van der Waals surface area contributed by atoms with E-state index in [1.807, 2.05) is 0 Å². The van der Waals surface area contributed by atoms with Gasteiger partial charge in [-0.15, -0.1) is 0 Å². The first kappa shape index (κ1) is 14.1. The number of nitrogens with one attached hydrogen (secondary N) is 1. The lowest BCUT2D eigenvalue weighted by Crippen LogP contribution is -2.09. The molecule has 104 valence electrons. The molecule has 6 nitrogen and oxygen atoms in total. The van der Waals surface area contributed by atoms with Gasteiger partial charge in [-0.1, -0.05) is 17.8 Å². The molecule has 0 aliphatic carbocycles. The fourth-order valence-corrected chi connectivity index (χ4v) is 2.33. The van der Waals surface area contributed by atoms with Gasteiger partial charge in [-0.05, 0) is 17.7 Å². The highest BCUT2D eigenvalue weighted by atomic mass is 32.2. The predicted octanol–water partition coefficient (Wildman–Crippen LogP) is 1.48. The quantitative estimate of drug-likeness (QED) is 0.582. The van der Waals surface area contributed by atoms with Gasteiger partial charge in [0, 0.05) is 11.8 Å². The summed E-state index contributed by atoms with van der Waals surface area (Å²) in [6, 6.07) is 4.97. The molecule has 0 radical (unpaired) electrons. The van der Waals surface area contributed by atoms with Crippen molar-refractivity contribution in [1.29, 1.82) is 0 Å². The monoisotopic (exact) mass is 295 g/mol. The summed E-state index contributed by atoms with van der Waals surface area (Å²) in [5, 5.41) is 9.14. The zero-order valence-electron chi connectivity index (χ0n) is 10.1. The standard InChI is InChI=1S/C12H10FN3O3S/c13-8-2-1-6(3-7(8)11(18)19)5-20-12-15-9(14)4-10(17)16-12/h1-4H,5H2,(H,18,19)(H3,14,15,16,17). The molecule has 4 N–H and O–H groups in total. The number of nitrogens with zero attached hydrogens (tertiary/aromatic N) is 1. The molecule has 8 heteroatoms. The lowest BCUT2D eigenvalue weighted by molar-refractivity contribution is 0.0692.